The van der Waals surface area contributed by atoms with Gasteiger partial charge in [-0.1, -0.05) is 48.7 Å². The van der Waals surface area contributed by atoms with Gasteiger partial charge < -0.3 is 0 Å². The number of rotatable bonds is 3. The highest BCUT2D eigenvalue weighted by molar-refractivity contribution is 6.31. The molecule has 0 amide bonds. The van der Waals surface area contributed by atoms with Crippen molar-refractivity contribution in [1.82, 2.24) is 9.97 Å². The first kappa shape index (κ1) is 13.3. The highest BCUT2D eigenvalue weighted by Crippen LogP contribution is 2.29. The van der Waals surface area contributed by atoms with Crippen molar-refractivity contribution >= 4 is 23.2 Å². The van der Waals surface area contributed by atoms with E-state index in [4.69, 9.17) is 23.2 Å². The molecule has 0 atom stereocenters. The Balaban J connectivity index is 2.55. The molecule has 4 heteroatoms. The largest absolute Gasteiger partial charge is 0.236 e. The van der Waals surface area contributed by atoms with Gasteiger partial charge in [-0.25, -0.2) is 9.97 Å². The normalized spacial score (nSPS) is 10.7. The van der Waals surface area contributed by atoms with Gasteiger partial charge >= 0.3 is 0 Å². The van der Waals surface area contributed by atoms with Gasteiger partial charge in [0, 0.05) is 16.1 Å². The van der Waals surface area contributed by atoms with Crippen molar-refractivity contribution in [3.8, 4) is 11.3 Å². The Morgan fingerprint density at radius 1 is 1.17 bits per heavy atom. The zero-order valence-corrected chi connectivity index (χ0v) is 11.9. The molecule has 1 aromatic heterocycles. The van der Waals surface area contributed by atoms with Crippen LogP contribution in [0.25, 0.3) is 11.3 Å². The Morgan fingerprint density at radius 2 is 1.94 bits per heavy atom. The van der Waals surface area contributed by atoms with Gasteiger partial charge in [-0.3, -0.25) is 0 Å². The predicted molar refractivity (Wildman–Crippen MR) is 76.2 cm³/mol. The topological polar surface area (TPSA) is 25.8 Å². The van der Waals surface area contributed by atoms with Gasteiger partial charge in [-0.15, -0.1) is 0 Å². The first-order valence-electron chi connectivity index (χ1n) is 5.89. The fourth-order valence-electron chi connectivity index (χ4n) is 1.85. The van der Waals surface area contributed by atoms with Crippen molar-refractivity contribution in [3.05, 3.63) is 45.8 Å². The quantitative estimate of drug-likeness (QED) is 0.761. The monoisotopic (exact) mass is 280 g/mol. The molecule has 94 valence electrons. The number of benzene rings is 1. The van der Waals surface area contributed by atoms with E-state index < -0.39 is 0 Å². The summed E-state index contributed by atoms with van der Waals surface area (Å²) in [6, 6.07) is 5.93. The van der Waals surface area contributed by atoms with Crippen molar-refractivity contribution in [2.24, 2.45) is 0 Å². The zero-order valence-electron chi connectivity index (χ0n) is 10.4. The van der Waals surface area contributed by atoms with Crippen LogP contribution in [0.1, 0.15) is 24.5 Å². The lowest BCUT2D eigenvalue weighted by atomic mass is 10.0. The lowest BCUT2D eigenvalue weighted by Crippen LogP contribution is -1.97. The zero-order chi connectivity index (χ0) is 13.1. The van der Waals surface area contributed by atoms with Crippen LogP contribution in [0.3, 0.4) is 0 Å². The lowest BCUT2D eigenvalue weighted by molar-refractivity contribution is 0.904. The minimum Gasteiger partial charge on any atom is -0.236 e. The smallest absolute Gasteiger partial charge is 0.136 e. The third-order valence-corrected chi connectivity index (χ3v) is 3.57. The summed E-state index contributed by atoms with van der Waals surface area (Å²) in [5.41, 5.74) is 3.90. The molecule has 0 N–H and O–H groups in total. The Bertz CT molecular complexity index is 568. The van der Waals surface area contributed by atoms with E-state index in [0.717, 1.165) is 40.2 Å². The van der Waals surface area contributed by atoms with E-state index in [9.17, 15) is 0 Å². The van der Waals surface area contributed by atoms with Gasteiger partial charge in [0.2, 0.25) is 0 Å². The van der Waals surface area contributed by atoms with Gasteiger partial charge in [-0.2, -0.15) is 0 Å². The Kier molecular flexibility index (Phi) is 4.20. The van der Waals surface area contributed by atoms with E-state index in [0.29, 0.717) is 5.15 Å². The molecule has 0 aliphatic heterocycles. The summed E-state index contributed by atoms with van der Waals surface area (Å²) >= 11 is 12.3. The van der Waals surface area contributed by atoms with Crippen LogP contribution in [-0.2, 0) is 6.42 Å². The molecule has 0 spiro atoms. The number of nitrogens with zero attached hydrogens (tertiary/aromatic N) is 2. The highest BCUT2D eigenvalue weighted by Gasteiger charge is 2.11. The molecule has 0 bridgehead atoms. The van der Waals surface area contributed by atoms with Crippen molar-refractivity contribution in [2.45, 2.75) is 26.7 Å². The molecule has 2 nitrogen and oxygen atoms in total. The maximum absolute atomic E-state index is 6.16. The number of hydrogen-bond acceptors (Lipinski definition) is 2. The van der Waals surface area contributed by atoms with Gasteiger partial charge in [0.05, 0.1) is 5.69 Å². The number of aryl methyl sites for hydroxylation is 1. The second kappa shape index (κ2) is 5.68. The number of halogens is 2. The fourth-order valence-corrected chi connectivity index (χ4v) is 2.26. The van der Waals surface area contributed by atoms with Crippen LogP contribution in [-0.4, -0.2) is 9.97 Å². The van der Waals surface area contributed by atoms with E-state index in [1.807, 2.05) is 25.1 Å². The molecule has 0 fully saturated rings. The molecule has 0 saturated carbocycles. The number of aromatic nitrogens is 2. The Hall–Kier alpha value is -1.12. The van der Waals surface area contributed by atoms with Crippen LogP contribution in [0, 0.1) is 6.92 Å². The van der Waals surface area contributed by atoms with Crippen LogP contribution in [0.5, 0.6) is 0 Å². The number of hydrogen-bond donors (Lipinski definition) is 0. The van der Waals surface area contributed by atoms with Crippen LogP contribution in [0.2, 0.25) is 10.2 Å². The summed E-state index contributed by atoms with van der Waals surface area (Å²) in [6.07, 6.45) is 3.35. The molecule has 0 aliphatic carbocycles. The predicted octanol–water partition coefficient (Wildman–Crippen LogP) is 4.71. The van der Waals surface area contributed by atoms with Gasteiger partial charge in [0.25, 0.3) is 0 Å². The van der Waals surface area contributed by atoms with Crippen molar-refractivity contribution in [2.75, 3.05) is 0 Å². The van der Waals surface area contributed by atoms with E-state index in [2.05, 4.69) is 16.9 Å². The molecule has 2 rings (SSSR count). The first-order valence-corrected chi connectivity index (χ1v) is 6.65. The summed E-state index contributed by atoms with van der Waals surface area (Å²) < 4.78 is 0. The van der Waals surface area contributed by atoms with Crippen LogP contribution < -0.4 is 0 Å². The summed E-state index contributed by atoms with van der Waals surface area (Å²) in [6.45, 7) is 4.08. The molecule has 1 heterocycles. The summed E-state index contributed by atoms with van der Waals surface area (Å²) in [7, 11) is 0. The Morgan fingerprint density at radius 3 is 2.61 bits per heavy atom. The maximum atomic E-state index is 6.16. The molecule has 0 radical (unpaired) electrons. The molecule has 18 heavy (non-hydrogen) atoms. The van der Waals surface area contributed by atoms with Gasteiger partial charge in [-0.05, 0) is 25.0 Å². The molecule has 0 unspecified atom stereocenters. The van der Waals surface area contributed by atoms with Crippen LogP contribution >= 0.6 is 23.2 Å². The molecule has 1 aromatic carbocycles. The second-order valence-electron chi connectivity index (χ2n) is 4.21. The minimum absolute atomic E-state index is 0.526. The van der Waals surface area contributed by atoms with E-state index in [1.54, 1.807) is 0 Å². The summed E-state index contributed by atoms with van der Waals surface area (Å²) in [4.78, 5) is 8.39. The van der Waals surface area contributed by atoms with Crippen molar-refractivity contribution < 1.29 is 0 Å². The second-order valence-corrected chi connectivity index (χ2v) is 4.97. The van der Waals surface area contributed by atoms with E-state index in [1.165, 1.54) is 6.33 Å². The third-order valence-electron chi connectivity index (χ3n) is 2.84. The van der Waals surface area contributed by atoms with Gasteiger partial charge in [0.1, 0.15) is 11.5 Å². The SMILES string of the molecule is CCCc1c(Cl)ncnc1-c1ccc(C)c(Cl)c1. The fraction of sp³-hybridized carbons (Fsp3) is 0.286. The van der Waals surface area contributed by atoms with Crippen LogP contribution in [0.4, 0.5) is 0 Å². The van der Waals surface area contributed by atoms with Crippen LogP contribution in [0.15, 0.2) is 24.5 Å². The minimum atomic E-state index is 0.526. The lowest BCUT2D eigenvalue weighted by Gasteiger charge is -2.10. The van der Waals surface area contributed by atoms with Crippen molar-refractivity contribution in [1.29, 1.82) is 0 Å². The third kappa shape index (κ3) is 2.65. The molecule has 0 saturated heterocycles. The highest BCUT2D eigenvalue weighted by atomic mass is 35.5. The average molecular weight is 281 g/mol. The Labute approximate surface area is 117 Å². The molecular formula is C14H14Cl2N2. The average Bonchev–Trinajstić information content (AvgIpc) is 2.35. The molecular weight excluding hydrogens is 267 g/mol. The van der Waals surface area contributed by atoms with E-state index in [-0.39, 0.29) is 0 Å². The standard InChI is InChI=1S/C14H14Cl2N2/c1-3-4-11-13(17-8-18-14(11)16)10-6-5-9(2)12(15)7-10/h5-8H,3-4H2,1-2H3. The van der Waals surface area contributed by atoms with Crippen molar-refractivity contribution in [3.63, 3.8) is 0 Å². The van der Waals surface area contributed by atoms with E-state index >= 15 is 0 Å². The molecule has 0 aliphatic rings. The summed E-state index contributed by atoms with van der Waals surface area (Å²) in [5, 5.41) is 1.27. The molecule has 2 aromatic rings. The summed E-state index contributed by atoms with van der Waals surface area (Å²) in [5.74, 6) is 0. The maximum Gasteiger partial charge on any atom is 0.136 e. The first-order chi connectivity index (χ1) is 8.63. The van der Waals surface area contributed by atoms with Gasteiger partial charge in [0.15, 0.2) is 0 Å².